The van der Waals surface area contributed by atoms with Gasteiger partial charge in [-0.1, -0.05) is 46.2 Å². The minimum atomic E-state index is -0.506. The van der Waals surface area contributed by atoms with E-state index < -0.39 is 6.04 Å². The van der Waals surface area contributed by atoms with E-state index in [1.165, 1.54) is 5.56 Å². The largest absolute Gasteiger partial charge is 0.461 e. The Labute approximate surface area is 161 Å². The van der Waals surface area contributed by atoms with Gasteiger partial charge in [-0.05, 0) is 43.4 Å². The standard InChI is InChI=1S/C21H31NO3S/c1-7-8-18-22(17(13-26-18)20(24)25-14(2)3)19(23)15-9-11-16(12-10-15)21(4,5)6/h9-12,14,17-18H,7-8,13H2,1-6H3/t17-,18-/m0/s1. The van der Waals surface area contributed by atoms with Gasteiger partial charge in [0.15, 0.2) is 0 Å². The summed E-state index contributed by atoms with van der Waals surface area (Å²) < 4.78 is 5.39. The van der Waals surface area contributed by atoms with Crippen molar-refractivity contribution in [2.45, 2.75) is 77.3 Å². The summed E-state index contributed by atoms with van der Waals surface area (Å²) in [6.07, 6.45) is 1.67. The number of hydrogen-bond acceptors (Lipinski definition) is 4. The van der Waals surface area contributed by atoms with E-state index in [9.17, 15) is 9.59 Å². The van der Waals surface area contributed by atoms with Crippen molar-refractivity contribution in [3.8, 4) is 0 Å². The minimum Gasteiger partial charge on any atom is -0.461 e. The zero-order chi connectivity index (χ0) is 19.5. The van der Waals surface area contributed by atoms with E-state index >= 15 is 0 Å². The molecule has 2 atom stereocenters. The number of nitrogens with zero attached hydrogens (tertiary/aromatic N) is 1. The predicted octanol–water partition coefficient (Wildman–Crippen LogP) is 4.62. The van der Waals surface area contributed by atoms with Crippen LogP contribution in [0.5, 0.6) is 0 Å². The molecule has 2 rings (SSSR count). The van der Waals surface area contributed by atoms with Gasteiger partial charge in [-0.15, -0.1) is 11.8 Å². The lowest BCUT2D eigenvalue weighted by Gasteiger charge is -2.29. The fraction of sp³-hybridized carbons (Fsp3) is 0.619. The summed E-state index contributed by atoms with van der Waals surface area (Å²) in [5, 5.41) is 0.0273. The Morgan fingerprint density at radius 3 is 2.35 bits per heavy atom. The molecule has 0 unspecified atom stereocenters. The van der Waals surface area contributed by atoms with E-state index in [4.69, 9.17) is 4.74 Å². The summed E-state index contributed by atoms with van der Waals surface area (Å²) in [5.74, 6) is 0.215. The topological polar surface area (TPSA) is 46.6 Å². The first-order valence-corrected chi connectivity index (χ1v) is 10.4. The van der Waals surface area contributed by atoms with Gasteiger partial charge >= 0.3 is 5.97 Å². The fourth-order valence-corrected chi connectivity index (χ4v) is 4.57. The van der Waals surface area contributed by atoms with Gasteiger partial charge in [0.1, 0.15) is 6.04 Å². The SMILES string of the molecule is CCC[C@@H]1SC[C@@H](C(=O)OC(C)C)N1C(=O)c1ccc(C(C)(C)C)cc1. The van der Waals surface area contributed by atoms with Gasteiger partial charge in [0, 0.05) is 11.3 Å². The second-order valence-electron chi connectivity index (χ2n) is 8.12. The summed E-state index contributed by atoms with van der Waals surface area (Å²) in [5.41, 5.74) is 1.86. The Bertz CT molecular complexity index is 634. The Hall–Kier alpha value is -1.49. The first-order valence-electron chi connectivity index (χ1n) is 9.40. The van der Waals surface area contributed by atoms with Crippen molar-refractivity contribution in [3.05, 3.63) is 35.4 Å². The number of amides is 1. The van der Waals surface area contributed by atoms with Crippen LogP contribution in [0, 0.1) is 0 Å². The van der Waals surface area contributed by atoms with E-state index in [-0.39, 0.29) is 28.8 Å². The molecule has 1 aliphatic rings. The van der Waals surface area contributed by atoms with Crippen LogP contribution in [-0.4, -0.2) is 40.0 Å². The third-order valence-corrected chi connectivity index (χ3v) is 5.84. The molecule has 0 spiro atoms. The predicted molar refractivity (Wildman–Crippen MR) is 107 cm³/mol. The highest BCUT2D eigenvalue weighted by Gasteiger charge is 2.42. The third-order valence-electron chi connectivity index (χ3n) is 4.48. The molecule has 5 heteroatoms. The van der Waals surface area contributed by atoms with E-state index in [1.54, 1.807) is 16.7 Å². The number of thioether (sulfide) groups is 1. The second kappa shape index (κ2) is 8.47. The molecule has 4 nitrogen and oxygen atoms in total. The summed E-state index contributed by atoms with van der Waals surface area (Å²) in [6.45, 7) is 12.2. The summed E-state index contributed by atoms with van der Waals surface area (Å²) >= 11 is 1.67. The van der Waals surface area contributed by atoms with E-state index in [2.05, 4.69) is 27.7 Å². The zero-order valence-corrected chi connectivity index (χ0v) is 17.6. The van der Waals surface area contributed by atoms with Crippen molar-refractivity contribution in [3.63, 3.8) is 0 Å². The molecule has 1 aromatic carbocycles. The van der Waals surface area contributed by atoms with Crippen LogP contribution >= 0.6 is 11.8 Å². The van der Waals surface area contributed by atoms with Crippen molar-refractivity contribution in [1.82, 2.24) is 4.90 Å². The number of rotatable bonds is 5. The normalized spacial score (nSPS) is 20.5. The molecule has 1 aromatic rings. The van der Waals surface area contributed by atoms with Crippen LogP contribution in [0.25, 0.3) is 0 Å². The van der Waals surface area contributed by atoms with Gasteiger partial charge in [-0.2, -0.15) is 0 Å². The number of esters is 1. The lowest BCUT2D eigenvalue weighted by atomic mass is 9.86. The highest BCUT2D eigenvalue weighted by Crippen LogP contribution is 2.34. The lowest BCUT2D eigenvalue weighted by molar-refractivity contribution is -0.151. The van der Waals surface area contributed by atoms with Crippen molar-refractivity contribution in [2.75, 3.05) is 5.75 Å². The van der Waals surface area contributed by atoms with Crippen LogP contribution in [0.1, 0.15) is 70.3 Å². The number of benzene rings is 1. The van der Waals surface area contributed by atoms with Crippen LogP contribution in [0.4, 0.5) is 0 Å². The molecule has 0 radical (unpaired) electrons. The molecule has 1 saturated heterocycles. The minimum absolute atomic E-state index is 0.0273. The van der Waals surface area contributed by atoms with Gasteiger partial charge < -0.3 is 9.64 Å². The van der Waals surface area contributed by atoms with E-state index in [0.29, 0.717) is 11.3 Å². The molecule has 144 valence electrons. The number of carbonyl (C=O) groups is 2. The summed E-state index contributed by atoms with van der Waals surface area (Å²) in [6, 6.07) is 7.26. The molecule has 0 N–H and O–H groups in total. The quantitative estimate of drug-likeness (QED) is 0.703. The second-order valence-corrected chi connectivity index (χ2v) is 9.33. The van der Waals surface area contributed by atoms with Gasteiger partial charge in [0.05, 0.1) is 11.5 Å². The molecule has 26 heavy (non-hydrogen) atoms. The van der Waals surface area contributed by atoms with Crippen LogP contribution in [0.15, 0.2) is 24.3 Å². The van der Waals surface area contributed by atoms with Gasteiger partial charge in [-0.25, -0.2) is 4.79 Å². The van der Waals surface area contributed by atoms with Gasteiger partial charge in [0.2, 0.25) is 0 Å². The fourth-order valence-electron chi connectivity index (χ4n) is 3.06. The molecule has 1 aliphatic heterocycles. The average Bonchev–Trinajstić information content (AvgIpc) is 2.97. The molecule has 1 fully saturated rings. The van der Waals surface area contributed by atoms with E-state index in [1.807, 2.05) is 38.1 Å². The van der Waals surface area contributed by atoms with Crippen molar-refractivity contribution >= 4 is 23.6 Å². The maximum absolute atomic E-state index is 13.2. The molecule has 1 heterocycles. The Balaban J connectivity index is 2.26. The molecular weight excluding hydrogens is 346 g/mol. The molecule has 0 aromatic heterocycles. The Morgan fingerprint density at radius 2 is 1.85 bits per heavy atom. The number of ether oxygens (including phenoxy) is 1. The maximum Gasteiger partial charge on any atom is 0.330 e. The van der Waals surface area contributed by atoms with Gasteiger partial charge in [-0.3, -0.25) is 4.79 Å². The zero-order valence-electron chi connectivity index (χ0n) is 16.7. The Morgan fingerprint density at radius 1 is 1.23 bits per heavy atom. The molecule has 1 amide bonds. The first-order chi connectivity index (χ1) is 12.1. The average molecular weight is 378 g/mol. The lowest BCUT2D eigenvalue weighted by Crippen LogP contribution is -2.46. The van der Waals surface area contributed by atoms with Crippen LogP contribution in [0.3, 0.4) is 0 Å². The van der Waals surface area contributed by atoms with Crippen LogP contribution in [-0.2, 0) is 14.9 Å². The maximum atomic E-state index is 13.2. The van der Waals surface area contributed by atoms with Crippen LogP contribution < -0.4 is 0 Å². The number of hydrogen-bond donors (Lipinski definition) is 0. The molecular formula is C21H31NO3S. The number of carbonyl (C=O) groups excluding carboxylic acids is 2. The van der Waals surface area contributed by atoms with Gasteiger partial charge in [0.25, 0.3) is 5.91 Å². The molecule has 0 aliphatic carbocycles. The third kappa shape index (κ3) is 4.81. The highest BCUT2D eigenvalue weighted by atomic mass is 32.2. The van der Waals surface area contributed by atoms with Crippen molar-refractivity contribution < 1.29 is 14.3 Å². The van der Waals surface area contributed by atoms with Crippen molar-refractivity contribution in [1.29, 1.82) is 0 Å². The molecule has 0 bridgehead atoms. The highest BCUT2D eigenvalue weighted by molar-refractivity contribution is 8.00. The summed E-state index contributed by atoms with van der Waals surface area (Å²) in [7, 11) is 0. The van der Waals surface area contributed by atoms with Crippen LogP contribution in [0.2, 0.25) is 0 Å². The smallest absolute Gasteiger partial charge is 0.330 e. The summed E-state index contributed by atoms with van der Waals surface area (Å²) in [4.78, 5) is 27.4. The monoisotopic (exact) mass is 377 g/mol. The first kappa shape index (κ1) is 20.8. The Kier molecular flexibility index (Phi) is 6.78. The molecule has 0 saturated carbocycles. The van der Waals surface area contributed by atoms with E-state index in [0.717, 1.165) is 12.8 Å². The van der Waals surface area contributed by atoms with Crippen molar-refractivity contribution in [2.24, 2.45) is 0 Å².